The second-order valence-corrected chi connectivity index (χ2v) is 6.81. The van der Waals surface area contributed by atoms with Crippen LogP contribution in [0.5, 0.6) is 0 Å². The molecule has 16 heavy (non-hydrogen) atoms. The fourth-order valence-electron chi connectivity index (χ4n) is 2.62. The molecule has 1 aliphatic heterocycles. The molecular weight excluding hydrogens is 196 g/mol. The molecule has 0 aromatic carbocycles. The molecule has 1 fully saturated rings. The Bertz CT molecular complexity index is 205. The maximum absolute atomic E-state index is 3.67. The first-order valence-electron chi connectivity index (χ1n) is 6.81. The summed E-state index contributed by atoms with van der Waals surface area (Å²) in [7, 11) is 0. The van der Waals surface area contributed by atoms with Gasteiger partial charge in [0.1, 0.15) is 0 Å². The zero-order valence-corrected chi connectivity index (χ0v) is 12.0. The molecule has 1 heterocycles. The highest BCUT2D eigenvalue weighted by molar-refractivity contribution is 4.88. The molecule has 0 spiro atoms. The van der Waals surface area contributed by atoms with Crippen LogP contribution in [0.15, 0.2) is 0 Å². The van der Waals surface area contributed by atoms with Gasteiger partial charge in [0.05, 0.1) is 0 Å². The van der Waals surface area contributed by atoms with Crippen molar-refractivity contribution in [2.45, 2.75) is 60.0 Å². The molecule has 0 radical (unpaired) electrons. The number of nitrogens with one attached hydrogen (secondary N) is 1. The molecule has 96 valence electrons. The van der Waals surface area contributed by atoms with Crippen molar-refractivity contribution >= 4 is 0 Å². The maximum atomic E-state index is 3.67. The molecule has 2 nitrogen and oxygen atoms in total. The Balaban J connectivity index is 2.64. The van der Waals surface area contributed by atoms with E-state index in [2.05, 4.69) is 51.8 Å². The summed E-state index contributed by atoms with van der Waals surface area (Å²) in [6.45, 7) is 17.6. The predicted molar refractivity (Wildman–Crippen MR) is 71.7 cm³/mol. The van der Waals surface area contributed by atoms with Crippen molar-refractivity contribution in [3.05, 3.63) is 0 Å². The van der Waals surface area contributed by atoms with E-state index in [0.29, 0.717) is 17.5 Å². The van der Waals surface area contributed by atoms with Crippen LogP contribution >= 0.6 is 0 Å². The van der Waals surface area contributed by atoms with Crippen LogP contribution in [0.25, 0.3) is 0 Å². The second kappa shape index (κ2) is 5.50. The summed E-state index contributed by atoms with van der Waals surface area (Å²) in [6.07, 6.45) is 1.24. The minimum atomic E-state index is 0.406. The summed E-state index contributed by atoms with van der Waals surface area (Å²) < 4.78 is 0. The summed E-state index contributed by atoms with van der Waals surface area (Å²) in [5, 5.41) is 3.67. The number of hydrogen-bond acceptors (Lipinski definition) is 2. The first kappa shape index (κ1) is 14.0. The van der Waals surface area contributed by atoms with E-state index in [0.717, 1.165) is 12.5 Å². The molecule has 0 amide bonds. The van der Waals surface area contributed by atoms with Crippen LogP contribution in [0.2, 0.25) is 0 Å². The minimum Gasteiger partial charge on any atom is -0.311 e. The third kappa shape index (κ3) is 4.06. The summed E-state index contributed by atoms with van der Waals surface area (Å²) in [6, 6.07) is 1.40. The van der Waals surface area contributed by atoms with E-state index in [4.69, 9.17) is 0 Å². The lowest BCUT2D eigenvalue weighted by Crippen LogP contribution is -2.59. The highest BCUT2D eigenvalue weighted by Crippen LogP contribution is 2.22. The standard InChI is InChI=1S/C14H30N2/c1-7-12-9-16(10-14(4,5)6)13(8-15-12)11(2)3/h11-13,15H,7-10H2,1-6H3. The Kier molecular flexibility index (Phi) is 4.81. The Labute approximate surface area is 102 Å². The molecule has 1 rings (SSSR count). The van der Waals surface area contributed by atoms with Crippen molar-refractivity contribution < 1.29 is 0 Å². The van der Waals surface area contributed by atoms with E-state index in [1.54, 1.807) is 0 Å². The average molecular weight is 226 g/mol. The Morgan fingerprint density at radius 3 is 2.38 bits per heavy atom. The van der Waals surface area contributed by atoms with Crippen LogP contribution in [0.3, 0.4) is 0 Å². The van der Waals surface area contributed by atoms with Gasteiger partial charge in [-0.2, -0.15) is 0 Å². The van der Waals surface area contributed by atoms with Crippen molar-refractivity contribution in [1.82, 2.24) is 10.2 Å². The number of hydrogen-bond donors (Lipinski definition) is 1. The van der Waals surface area contributed by atoms with Gasteiger partial charge in [-0.15, -0.1) is 0 Å². The molecule has 2 unspecified atom stereocenters. The highest BCUT2D eigenvalue weighted by Gasteiger charge is 2.31. The van der Waals surface area contributed by atoms with Crippen LogP contribution in [0, 0.1) is 11.3 Å². The summed E-state index contributed by atoms with van der Waals surface area (Å²) in [5.41, 5.74) is 0.406. The number of rotatable bonds is 3. The van der Waals surface area contributed by atoms with E-state index in [-0.39, 0.29) is 0 Å². The Hall–Kier alpha value is -0.0800. The van der Waals surface area contributed by atoms with Gasteiger partial charge in [0.15, 0.2) is 0 Å². The molecule has 0 aromatic rings. The molecule has 1 aliphatic rings. The maximum Gasteiger partial charge on any atom is 0.0244 e. The van der Waals surface area contributed by atoms with E-state index in [1.807, 2.05) is 0 Å². The van der Waals surface area contributed by atoms with Gasteiger partial charge in [0.25, 0.3) is 0 Å². The molecule has 2 heteroatoms. The molecule has 0 aliphatic carbocycles. The lowest BCUT2D eigenvalue weighted by atomic mass is 9.91. The second-order valence-electron chi connectivity index (χ2n) is 6.81. The van der Waals surface area contributed by atoms with Gasteiger partial charge in [0, 0.05) is 31.7 Å². The van der Waals surface area contributed by atoms with Gasteiger partial charge in [-0.25, -0.2) is 0 Å². The molecule has 0 bridgehead atoms. The van der Waals surface area contributed by atoms with Gasteiger partial charge in [-0.1, -0.05) is 41.5 Å². The summed E-state index contributed by atoms with van der Waals surface area (Å²) >= 11 is 0. The fourth-order valence-corrected chi connectivity index (χ4v) is 2.62. The fraction of sp³-hybridized carbons (Fsp3) is 1.00. The predicted octanol–water partition coefficient (Wildman–Crippen LogP) is 2.74. The molecule has 1 saturated heterocycles. The first-order valence-corrected chi connectivity index (χ1v) is 6.81. The Morgan fingerprint density at radius 1 is 1.31 bits per heavy atom. The smallest absolute Gasteiger partial charge is 0.0244 e. The normalized spacial score (nSPS) is 28.7. The SMILES string of the molecule is CCC1CN(CC(C)(C)C)C(C(C)C)CN1. The quantitative estimate of drug-likeness (QED) is 0.796. The summed E-state index contributed by atoms with van der Waals surface area (Å²) in [5.74, 6) is 0.743. The highest BCUT2D eigenvalue weighted by atomic mass is 15.2. The van der Waals surface area contributed by atoms with Crippen LogP contribution in [-0.4, -0.2) is 36.6 Å². The molecule has 0 saturated carbocycles. The number of piperazine rings is 1. The third-order valence-electron chi connectivity index (χ3n) is 3.48. The van der Waals surface area contributed by atoms with Crippen molar-refractivity contribution in [2.75, 3.05) is 19.6 Å². The van der Waals surface area contributed by atoms with Gasteiger partial charge in [-0.3, -0.25) is 4.90 Å². The van der Waals surface area contributed by atoms with Crippen LogP contribution < -0.4 is 5.32 Å². The van der Waals surface area contributed by atoms with Crippen molar-refractivity contribution in [2.24, 2.45) is 11.3 Å². The van der Waals surface area contributed by atoms with Crippen LogP contribution in [0.1, 0.15) is 48.0 Å². The lowest BCUT2D eigenvalue weighted by molar-refractivity contribution is 0.0648. The minimum absolute atomic E-state index is 0.406. The topological polar surface area (TPSA) is 15.3 Å². The van der Waals surface area contributed by atoms with E-state index in [1.165, 1.54) is 19.5 Å². The molecule has 1 N–H and O–H groups in total. The summed E-state index contributed by atoms with van der Waals surface area (Å²) in [4.78, 5) is 2.70. The number of nitrogens with zero attached hydrogens (tertiary/aromatic N) is 1. The molecular formula is C14H30N2. The van der Waals surface area contributed by atoms with E-state index < -0.39 is 0 Å². The van der Waals surface area contributed by atoms with Crippen LogP contribution in [-0.2, 0) is 0 Å². The largest absolute Gasteiger partial charge is 0.311 e. The average Bonchev–Trinajstić information content (AvgIpc) is 2.14. The third-order valence-corrected chi connectivity index (χ3v) is 3.48. The zero-order valence-electron chi connectivity index (χ0n) is 12.0. The van der Waals surface area contributed by atoms with Gasteiger partial charge in [0.2, 0.25) is 0 Å². The Morgan fingerprint density at radius 2 is 1.94 bits per heavy atom. The van der Waals surface area contributed by atoms with Gasteiger partial charge < -0.3 is 5.32 Å². The van der Waals surface area contributed by atoms with E-state index >= 15 is 0 Å². The van der Waals surface area contributed by atoms with Gasteiger partial charge >= 0.3 is 0 Å². The van der Waals surface area contributed by atoms with Crippen molar-refractivity contribution in [3.8, 4) is 0 Å². The molecule has 0 aromatic heterocycles. The van der Waals surface area contributed by atoms with E-state index in [9.17, 15) is 0 Å². The van der Waals surface area contributed by atoms with Crippen molar-refractivity contribution in [1.29, 1.82) is 0 Å². The molecule has 2 atom stereocenters. The monoisotopic (exact) mass is 226 g/mol. The zero-order chi connectivity index (χ0) is 12.3. The lowest BCUT2D eigenvalue weighted by Gasteiger charge is -2.44. The first-order chi connectivity index (χ1) is 7.33. The van der Waals surface area contributed by atoms with Crippen molar-refractivity contribution in [3.63, 3.8) is 0 Å². The van der Waals surface area contributed by atoms with Gasteiger partial charge in [-0.05, 0) is 17.8 Å². The van der Waals surface area contributed by atoms with Crippen LogP contribution in [0.4, 0.5) is 0 Å².